The molecule has 0 aliphatic carbocycles. The van der Waals surface area contributed by atoms with Gasteiger partial charge in [0.1, 0.15) is 0 Å². The number of hydrogen-bond acceptors (Lipinski definition) is 9. The molecule has 1 aromatic heterocycles. The summed E-state index contributed by atoms with van der Waals surface area (Å²) in [6.07, 6.45) is 2.88. The topological polar surface area (TPSA) is 127 Å². The number of ketones is 1. The van der Waals surface area contributed by atoms with E-state index >= 15 is 0 Å². The molecule has 0 saturated carbocycles. The smallest absolute Gasteiger partial charge is 0.296 e. The first kappa shape index (κ1) is 26.0. The van der Waals surface area contributed by atoms with Crippen LogP contribution < -0.4 is 4.90 Å². The van der Waals surface area contributed by atoms with Crippen LogP contribution in [0.3, 0.4) is 0 Å². The highest BCUT2D eigenvalue weighted by Gasteiger charge is 2.45. The Balaban J connectivity index is 1.48. The molecule has 0 spiro atoms. The van der Waals surface area contributed by atoms with Crippen molar-refractivity contribution in [2.45, 2.75) is 16.1 Å². The minimum Gasteiger partial charge on any atom is -0.503 e. The molecule has 9 nitrogen and oxygen atoms in total. The van der Waals surface area contributed by atoms with Crippen LogP contribution in [0.5, 0.6) is 0 Å². The van der Waals surface area contributed by atoms with E-state index in [1.807, 2.05) is 60.7 Å². The number of benzene rings is 3. The highest BCUT2D eigenvalue weighted by atomic mass is 32.2. The van der Waals surface area contributed by atoms with E-state index in [1.54, 1.807) is 6.08 Å². The van der Waals surface area contributed by atoms with Crippen molar-refractivity contribution in [2.24, 2.45) is 0 Å². The number of amides is 1. The summed E-state index contributed by atoms with van der Waals surface area (Å²) >= 11 is 2.60. The summed E-state index contributed by atoms with van der Waals surface area (Å²) in [7, 11) is 0. The molecule has 3 aromatic carbocycles. The lowest BCUT2D eigenvalue weighted by Gasteiger charge is -2.23. The van der Waals surface area contributed by atoms with Crippen molar-refractivity contribution in [1.82, 2.24) is 10.2 Å². The molecule has 0 saturated heterocycles. The summed E-state index contributed by atoms with van der Waals surface area (Å²) in [6.45, 7) is 0. The number of carbonyl (C=O) groups excluding carboxylic acids is 2. The van der Waals surface area contributed by atoms with Crippen LogP contribution in [0, 0.1) is 10.1 Å². The second-order valence-electron chi connectivity index (χ2n) is 8.42. The average molecular weight is 557 g/mol. The fourth-order valence-electron chi connectivity index (χ4n) is 4.05. The molecule has 2 heterocycles. The zero-order chi connectivity index (χ0) is 27.4. The molecule has 11 heteroatoms. The number of nitro benzene ring substituents is 1. The number of allylic oxidation sites excluding steroid dienone is 1. The number of anilines is 1. The van der Waals surface area contributed by atoms with Crippen molar-refractivity contribution in [2.75, 3.05) is 4.90 Å². The maximum Gasteiger partial charge on any atom is 0.296 e. The van der Waals surface area contributed by atoms with Crippen molar-refractivity contribution in [1.29, 1.82) is 0 Å². The zero-order valence-electron chi connectivity index (χ0n) is 20.2. The third-order valence-corrected chi connectivity index (χ3v) is 8.05. The molecule has 1 aliphatic heterocycles. The Morgan fingerprint density at radius 2 is 1.69 bits per heavy atom. The van der Waals surface area contributed by atoms with Crippen LogP contribution in [0.2, 0.25) is 0 Å². The molecule has 1 atom stereocenters. The third-order valence-electron chi connectivity index (χ3n) is 5.93. The number of carbonyl (C=O) groups is 2. The normalized spacial score (nSPS) is 15.3. The predicted molar refractivity (Wildman–Crippen MR) is 149 cm³/mol. The fourth-order valence-corrected chi connectivity index (χ4v) is 5.87. The van der Waals surface area contributed by atoms with E-state index in [9.17, 15) is 24.8 Å². The Bertz CT molecular complexity index is 1590. The summed E-state index contributed by atoms with van der Waals surface area (Å²) in [4.78, 5) is 38.5. The summed E-state index contributed by atoms with van der Waals surface area (Å²) in [5.74, 6) is -1.42. The van der Waals surface area contributed by atoms with E-state index < -0.39 is 28.4 Å². The quantitative estimate of drug-likeness (QED) is 0.0885. The van der Waals surface area contributed by atoms with Crippen LogP contribution in [0.1, 0.15) is 22.7 Å². The van der Waals surface area contributed by atoms with Gasteiger partial charge in [-0.05, 0) is 34.9 Å². The van der Waals surface area contributed by atoms with Crippen LogP contribution in [-0.2, 0) is 15.3 Å². The first-order valence-corrected chi connectivity index (χ1v) is 13.5. The first-order valence-electron chi connectivity index (χ1n) is 11.7. The third kappa shape index (κ3) is 5.64. The molecule has 1 N–H and O–H groups in total. The monoisotopic (exact) mass is 556 g/mol. The molecule has 1 aliphatic rings. The molecule has 0 bridgehead atoms. The number of aliphatic hydroxyl groups is 1. The van der Waals surface area contributed by atoms with Crippen molar-refractivity contribution >= 4 is 51.7 Å². The maximum atomic E-state index is 13.3. The van der Waals surface area contributed by atoms with Gasteiger partial charge >= 0.3 is 0 Å². The summed E-state index contributed by atoms with van der Waals surface area (Å²) < 4.78 is 0.604. The number of hydrogen-bond donors (Lipinski definition) is 1. The number of aliphatic hydroxyl groups excluding tert-OH is 1. The molecule has 39 heavy (non-hydrogen) atoms. The number of nitro groups is 1. The molecular weight excluding hydrogens is 536 g/mol. The number of nitrogens with zero attached hydrogens (tertiary/aromatic N) is 4. The fraction of sp³-hybridized carbons (Fsp3) is 0.0714. The SMILES string of the molecule is O=C(C=Cc1ccccc1)C1=C(O)C(=O)N(c2nnc(SCc3ccccc3)s2)C1c1ccc([N+](=O)[O-])cc1. The standard InChI is InChI=1S/C28H20N4O5S2/c33-22(16-11-18-7-3-1-4-8-18)23-24(20-12-14-21(15-13-20)32(36)37)31(26(35)25(23)34)27-29-30-28(39-27)38-17-19-9-5-2-6-10-19/h1-16,24,34H,17H2. The van der Waals surface area contributed by atoms with Gasteiger partial charge in [-0.3, -0.25) is 24.6 Å². The molecule has 1 amide bonds. The van der Waals surface area contributed by atoms with Crippen LogP contribution in [0.4, 0.5) is 10.8 Å². The van der Waals surface area contributed by atoms with Gasteiger partial charge in [-0.1, -0.05) is 89.8 Å². The summed E-state index contributed by atoms with van der Waals surface area (Å²) in [5, 5.41) is 30.6. The zero-order valence-corrected chi connectivity index (χ0v) is 21.8. The Labute approximate surface area is 231 Å². The number of aromatic nitrogens is 2. The molecule has 4 aromatic rings. The van der Waals surface area contributed by atoms with Crippen LogP contribution in [0.25, 0.3) is 6.08 Å². The van der Waals surface area contributed by atoms with Crippen LogP contribution in [-0.4, -0.2) is 31.9 Å². The van der Waals surface area contributed by atoms with Crippen molar-refractivity contribution < 1.29 is 19.6 Å². The van der Waals surface area contributed by atoms with E-state index in [4.69, 9.17) is 0 Å². The van der Waals surface area contributed by atoms with E-state index in [-0.39, 0.29) is 16.4 Å². The summed E-state index contributed by atoms with van der Waals surface area (Å²) in [5.41, 5.74) is 1.98. The number of thioether (sulfide) groups is 1. The van der Waals surface area contributed by atoms with Gasteiger partial charge in [0.25, 0.3) is 11.6 Å². The Kier molecular flexibility index (Phi) is 7.62. The minimum absolute atomic E-state index is 0.143. The van der Waals surface area contributed by atoms with E-state index in [0.717, 1.165) is 22.5 Å². The van der Waals surface area contributed by atoms with Gasteiger partial charge in [0.2, 0.25) is 5.13 Å². The van der Waals surface area contributed by atoms with Gasteiger partial charge in [-0.15, -0.1) is 10.2 Å². The molecule has 0 fully saturated rings. The molecule has 0 radical (unpaired) electrons. The number of non-ortho nitro benzene ring substituents is 1. The average Bonchev–Trinajstić information content (AvgIpc) is 3.53. The predicted octanol–water partition coefficient (Wildman–Crippen LogP) is 5.92. The van der Waals surface area contributed by atoms with E-state index in [0.29, 0.717) is 15.7 Å². The van der Waals surface area contributed by atoms with Gasteiger partial charge < -0.3 is 5.11 Å². The maximum absolute atomic E-state index is 13.3. The van der Waals surface area contributed by atoms with Gasteiger partial charge in [-0.2, -0.15) is 0 Å². The van der Waals surface area contributed by atoms with Gasteiger partial charge in [0.15, 0.2) is 15.9 Å². The highest BCUT2D eigenvalue weighted by molar-refractivity contribution is 8.00. The highest BCUT2D eigenvalue weighted by Crippen LogP contribution is 2.43. The van der Waals surface area contributed by atoms with Crippen molar-refractivity contribution in [3.8, 4) is 0 Å². The van der Waals surface area contributed by atoms with Gasteiger partial charge in [-0.25, -0.2) is 0 Å². The molecule has 5 rings (SSSR count). The number of rotatable bonds is 9. The van der Waals surface area contributed by atoms with Crippen LogP contribution in [0.15, 0.2) is 107 Å². The summed E-state index contributed by atoms with van der Waals surface area (Å²) in [6, 6.07) is 23.4. The van der Waals surface area contributed by atoms with Gasteiger partial charge in [0, 0.05) is 17.9 Å². The lowest BCUT2D eigenvalue weighted by molar-refractivity contribution is -0.384. The lowest BCUT2D eigenvalue weighted by atomic mass is 9.95. The van der Waals surface area contributed by atoms with E-state index in [2.05, 4.69) is 10.2 Å². The van der Waals surface area contributed by atoms with Crippen LogP contribution >= 0.6 is 23.1 Å². The Morgan fingerprint density at radius 3 is 2.36 bits per heavy atom. The second kappa shape index (κ2) is 11.4. The Hall–Kier alpha value is -4.61. The first-order chi connectivity index (χ1) is 18.9. The minimum atomic E-state index is -1.05. The van der Waals surface area contributed by atoms with Gasteiger partial charge in [0.05, 0.1) is 16.5 Å². The molecule has 194 valence electrons. The largest absolute Gasteiger partial charge is 0.503 e. The Morgan fingerprint density at radius 1 is 1.03 bits per heavy atom. The molecular formula is C28H20N4O5S2. The van der Waals surface area contributed by atoms with Crippen molar-refractivity contribution in [3.05, 3.63) is 129 Å². The van der Waals surface area contributed by atoms with Crippen molar-refractivity contribution in [3.63, 3.8) is 0 Å². The van der Waals surface area contributed by atoms with E-state index in [1.165, 1.54) is 47.0 Å². The second-order valence-corrected chi connectivity index (χ2v) is 10.6. The molecule has 1 unspecified atom stereocenters. The lowest BCUT2D eigenvalue weighted by Crippen LogP contribution is -2.30.